The van der Waals surface area contributed by atoms with Crippen LogP contribution in [0, 0.1) is 23.2 Å². The highest BCUT2D eigenvalue weighted by Gasteiger charge is 2.11. The van der Waals surface area contributed by atoms with E-state index in [2.05, 4.69) is 13.8 Å². The van der Waals surface area contributed by atoms with Crippen LogP contribution in [0.5, 0.6) is 0 Å². The van der Waals surface area contributed by atoms with Crippen molar-refractivity contribution in [1.82, 2.24) is 0 Å². The van der Waals surface area contributed by atoms with Gasteiger partial charge in [-0.15, -0.1) is 0 Å². The number of carbonyl (C=O) groups excluding carboxylic acids is 1. The van der Waals surface area contributed by atoms with Gasteiger partial charge in [-0.3, -0.25) is 4.79 Å². The van der Waals surface area contributed by atoms with Gasteiger partial charge in [0, 0.05) is 6.42 Å². The van der Waals surface area contributed by atoms with Crippen LogP contribution in [0.3, 0.4) is 0 Å². The topological polar surface area (TPSA) is 40.9 Å². The molecule has 0 aliphatic heterocycles. The Balaban J connectivity index is 3.63. The van der Waals surface area contributed by atoms with E-state index in [9.17, 15) is 4.79 Å². The zero-order valence-corrected chi connectivity index (χ0v) is 7.42. The molecular formula is C9H15NO. The van der Waals surface area contributed by atoms with Crippen LogP contribution in [0.15, 0.2) is 0 Å². The molecule has 0 amide bonds. The summed E-state index contributed by atoms with van der Waals surface area (Å²) in [4.78, 5) is 11.1. The molecule has 0 aliphatic carbocycles. The second-order valence-electron chi connectivity index (χ2n) is 3.25. The SMILES string of the molecule is CC(C)CCC(=O)C(C)C#N. The molecule has 0 aromatic carbocycles. The molecule has 0 aliphatic rings. The van der Waals surface area contributed by atoms with Crippen LogP contribution in [-0.2, 0) is 4.79 Å². The van der Waals surface area contributed by atoms with Crippen molar-refractivity contribution in [3.8, 4) is 6.07 Å². The van der Waals surface area contributed by atoms with Gasteiger partial charge in [-0.25, -0.2) is 0 Å². The van der Waals surface area contributed by atoms with Crippen molar-refractivity contribution in [1.29, 1.82) is 5.26 Å². The molecule has 0 heterocycles. The molecule has 0 N–H and O–H groups in total. The number of nitrogens with zero attached hydrogens (tertiary/aromatic N) is 1. The van der Waals surface area contributed by atoms with Gasteiger partial charge in [0.25, 0.3) is 0 Å². The lowest BCUT2D eigenvalue weighted by molar-refractivity contribution is -0.121. The van der Waals surface area contributed by atoms with E-state index in [-0.39, 0.29) is 5.78 Å². The van der Waals surface area contributed by atoms with Crippen molar-refractivity contribution in [3.05, 3.63) is 0 Å². The monoisotopic (exact) mass is 153 g/mol. The normalized spacial score (nSPS) is 12.6. The van der Waals surface area contributed by atoms with Crippen LogP contribution in [0.4, 0.5) is 0 Å². The minimum absolute atomic E-state index is 0.0706. The van der Waals surface area contributed by atoms with Crippen molar-refractivity contribution in [3.63, 3.8) is 0 Å². The molecule has 0 fully saturated rings. The number of carbonyl (C=O) groups is 1. The minimum atomic E-state index is -0.422. The van der Waals surface area contributed by atoms with Gasteiger partial charge >= 0.3 is 0 Å². The Morgan fingerprint density at radius 1 is 1.45 bits per heavy atom. The van der Waals surface area contributed by atoms with Crippen LogP contribution >= 0.6 is 0 Å². The summed E-state index contributed by atoms with van der Waals surface area (Å²) in [6.07, 6.45) is 1.44. The maximum Gasteiger partial charge on any atom is 0.149 e. The Morgan fingerprint density at radius 2 is 2.00 bits per heavy atom. The number of hydrogen-bond acceptors (Lipinski definition) is 2. The van der Waals surface area contributed by atoms with E-state index in [4.69, 9.17) is 5.26 Å². The lowest BCUT2D eigenvalue weighted by Crippen LogP contribution is -2.09. The molecule has 2 nitrogen and oxygen atoms in total. The van der Waals surface area contributed by atoms with Gasteiger partial charge in [0.05, 0.1) is 6.07 Å². The van der Waals surface area contributed by atoms with Crippen molar-refractivity contribution in [2.24, 2.45) is 11.8 Å². The first-order chi connectivity index (χ1) is 5.07. The Hall–Kier alpha value is -0.840. The van der Waals surface area contributed by atoms with E-state index in [1.807, 2.05) is 6.07 Å². The molecule has 0 saturated carbocycles. The first-order valence-corrected chi connectivity index (χ1v) is 4.00. The molecule has 11 heavy (non-hydrogen) atoms. The third-order valence-electron chi connectivity index (χ3n) is 1.64. The zero-order valence-electron chi connectivity index (χ0n) is 7.42. The molecule has 0 aromatic heterocycles. The fraction of sp³-hybridized carbons (Fsp3) is 0.778. The maximum absolute atomic E-state index is 11.1. The third kappa shape index (κ3) is 4.55. The second-order valence-corrected chi connectivity index (χ2v) is 3.25. The average molecular weight is 153 g/mol. The summed E-state index contributed by atoms with van der Waals surface area (Å²) in [5.41, 5.74) is 0. The Bertz CT molecular complexity index is 167. The van der Waals surface area contributed by atoms with Crippen molar-refractivity contribution in [2.45, 2.75) is 33.6 Å². The molecule has 0 spiro atoms. The lowest BCUT2D eigenvalue weighted by Gasteiger charge is -2.03. The van der Waals surface area contributed by atoms with Gasteiger partial charge in [-0.2, -0.15) is 5.26 Å². The van der Waals surface area contributed by atoms with Gasteiger partial charge in [0.1, 0.15) is 11.7 Å². The van der Waals surface area contributed by atoms with E-state index in [1.54, 1.807) is 6.92 Å². The van der Waals surface area contributed by atoms with E-state index >= 15 is 0 Å². The van der Waals surface area contributed by atoms with Gasteiger partial charge in [-0.05, 0) is 19.3 Å². The molecule has 1 unspecified atom stereocenters. The molecular weight excluding hydrogens is 138 g/mol. The Morgan fingerprint density at radius 3 is 2.36 bits per heavy atom. The summed E-state index contributed by atoms with van der Waals surface area (Å²) < 4.78 is 0. The molecule has 0 saturated heterocycles. The molecule has 0 rings (SSSR count). The fourth-order valence-electron chi connectivity index (χ4n) is 0.719. The van der Waals surface area contributed by atoms with Gasteiger partial charge in [0.15, 0.2) is 0 Å². The highest BCUT2D eigenvalue weighted by Crippen LogP contribution is 2.07. The predicted octanol–water partition coefficient (Wildman–Crippen LogP) is 2.15. The summed E-state index contributed by atoms with van der Waals surface area (Å²) in [6, 6.07) is 1.94. The van der Waals surface area contributed by atoms with Crippen molar-refractivity contribution in [2.75, 3.05) is 0 Å². The van der Waals surface area contributed by atoms with Crippen LogP contribution in [-0.4, -0.2) is 5.78 Å². The van der Waals surface area contributed by atoms with Gasteiger partial charge in [0.2, 0.25) is 0 Å². The quantitative estimate of drug-likeness (QED) is 0.621. The minimum Gasteiger partial charge on any atom is -0.298 e. The van der Waals surface area contributed by atoms with Crippen LogP contribution in [0.25, 0.3) is 0 Å². The number of nitriles is 1. The highest BCUT2D eigenvalue weighted by atomic mass is 16.1. The fourth-order valence-corrected chi connectivity index (χ4v) is 0.719. The van der Waals surface area contributed by atoms with E-state index in [0.29, 0.717) is 12.3 Å². The standard InChI is InChI=1S/C9H15NO/c1-7(2)4-5-9(11)8(3)6-10/h7-8H,4-5H2,1-3H3. The van der Waals surface area contributed by atoms with E-state index in [1.165, 1.54) is 0 Å². The summed E-state index contributed by atoms with van der Waals surface area (Å²) in [5.74, 6) is 0.194. The summed E-state index contributed by atoms with van der Waals surface area (Å²) in [5, 5.41) is 8.40. The molecule has 62 valence electrons. The third-order valence-corrected chi connectivity index (χ3v) is 1.64. The largest absolute Gasteiger partial charge is 0.298 e. The number of Topliss-reactive ketones (excluding diaryl/α,β-unsaturated/α-hetero) is 1. The van der Waals surface area contributed by atoms with Gasteiger partial charge in [-0.1, -0.05) is 13.8 Å². The number of hydrogen-bond donors (Lipinski definition) is 0. The Kier molecular flexibility index (Phi) is 4.52. The molecule has 0 bridgehead atoms. The number of rotatable bonds is 4. The molecule has 0 aromatic rings. The van der Waals surface area contributed by atoms with Crippen molar-refractivity contribution < 1.29 is 4.79 Å². The first kappa shape index (κ1) is 10.2. The summed E-state index contributed by atoms with van der Waals surface area (Å²) >= 11 is 0. The Labute approximate surface area is 68.2 Å². The molecule has 0 radical (unpaired) electrons. The average Bonchev–Trinajstić information content (AvgIpc) is 1.98. The number of ketones is 1. The van der Waals surface area contributed by atoms with E-state index in [0.717, 1.165) is 6.42 Å². The van der Waals surface area contributed by atoms with E-state index < -0.39 is 5.92 Å². The van der Waals surface area contributed by atoms with Crippen LogP contribution in [0.1, 0.15) is 33.6 Å². The van der Waals surface area contributed by atoms with Crippen LogP contribution in [0.2, 0.25) is 0 Å². The molecule has 2 heteroatoms. The summed E-state index contributed by atoms with van der Waals surface area (Å²) in [6.45, 7) is 5.80. The highest BCUT2D eigenvalue weighted by molar-refractivity contribution is 5.82. The van der Waals surface area contributed by atoms with Crippen molar-refractivity contribution >= 4 is 5.78 Å². The second kappa shape index (κ2) is 4.90. The smallest absolute Gasteiger partial charge is 0.149 e. The first-order valence-electron chi connectivity index (χ1n) is 4.00. The van der Waals surface area contributed by atoms with Crippen LogP contribution < -0.4 is 0 Å². The van der Waals surface area contributed by atoms with Gasteiger partial charge < -0.3 is 0 Å². The molecule has 1 atom stereocenters. The maximum atomic E-state index is 11.1. The lowest BCUT2D eigenvalue weighted by atomic mass is 9.99. The zero-order chi connectivity index (χ0) is 8.85. The predicted molar refractivity (Wildman–Crippen MR) is 43.9 cm³/mol. The summed E-state index contributed by atoms with van der Waals surface area (Å²) in [7, 11) is 0.